The van der Waals surface area contributed by atoms with Crippen molar-refractivity contribution < 1.29 is 14.0 Å². The van der Waals surface area contributed by atoms with E-state index in [-0.39, 0.29) is 11.6 Å². The molecule has 5 heteroatoms. The Morgan fingerprint density at radius 2 is 1.81 bits per heavy atom. The summed E-state index contributed by atoms with van der Waals surface area (Å²) in [5.41, 5.74) is 1.51. The predicted molar refractivity (Wildman–Crippen MR) is 98.7 cm³/mol. The number of benzene rings is 3. The van der Waals surface area contributed by atoms with Gasteiger partial charge in [-0.2, -0.15) is 0 Å². The quantitative estimate of drug-likeness (QED) is 0.533. The second kappa shape index (κ2) is 6.52. The van der Waals surface area contributed by atoms with E-state index in [1.165, 1.54) is 12.1 Å². The van der Waals surface area contributed by atoms with E-state index in [9.17, 15) is 9.50 Å². The van der Waals surface area contributed by atoms with E-state index in [0.717, 1.165) is 16.3 Å². The van der Waals surface area contributed by atoms with E-state index < -0.39 is 6.04 Å². The van der Waals surface area contributed by atoms with Crippen LogP contribution >= 0.6 is 0 Å². The minimum atomic E-state index is -0.425. The fraction of sp³-hybridized carbons (Fsp3) is 0.0952. The first kappa shape index (κ1) is 16.1. The molecule has 4 nitrogen and oxygen atoms in total. The van der Waals surface area contributed by atoms with E-state index in [0.29, 0.717) is 17.1 Å². The number of aryl methyl sites for hydroxylation is 1. The van der Waals surface area contributed by atoms with Gasteiger partial charge in [-0.15, -0.1) is 0 Å². The SMILES string of the molecule is Cc1cc(NC(c2ccc(F)cc2)c2c(O)ccc3ccccc23)no1. The fourth-order valence-electron chi connectivity index (χ4n) is 3.15. The van der Waals surface area contributed by atoms with Crippen molar-refractivity contribution in [3.05, 3.63) is 89.4 Å². The zero-order valence-corrected chi connectivity index (χ0v) is 14.1. The van der Waals surface area contributed by atoms with Crippen LogP contribution in [0.1, 0.15) is 22.9 Å². The fourth-order valence-corrected chi connectivity index (χ4v) is 3.15. The minimum absolute atomic E-state index is 0.158. The largest absolute Gasteiger partial charge is 0.508 e. The Hall–Kier alpha value is -3.34. The maximum Gasteiger partial charge on any atom is 0.170 e. The number of anilines is 1. The summed E-state index contributed by atoms with van der Waals surface area (Å²) in [5, 5.41) is 19.8. The number of halogens is 1. The van der Waals surface area contributed by atoms with Crippen molar-refractivity contribution in [3.63, 3.8) is 0 Å². The van der Waals surface area contributed by atoms with Gasteiger partial charge in [0.15, 0.2) is 5.82 Å². The standard InChI is InChI=1S/C21H17FN2O2/c1-13-12-19(24-26-13)23-21(15-6-9-16(22)10-7-15)20-17-5-3-2-4-14(17)8-11-18(20)25/h2-12,21,25H,1H3,(H,23,24). The number of nitrogens with one attached hydrogen (secondary N) is 1. The summed E-state index contributed by atoms with van der Waals surface area (Å²) >= 11 is 0. The van der Waals surface area contributed by atoms with Gasteiger partial charge in [-0.1, -0.05) is 47.6 Å². The summed E-state index contributed by atoms with van der Waals surface area (Å²) < 4.78 is 18.6. The molecule has 26 heavy (non-hydrogen) atoms. The second-order valence-corrected chi connectivity index (χ2v) is 6.17. The van der Waals surface area contributed by atoms with Crippen molar-refractivity contribution in [1.82, 2.24) is 5.16 Å². The van der Waals surface area contributed by atoms with E-state index in [2.05, 4.69) is 10.5 Å². The zero-order valence-electron chi connectivity index (χ0n) is 14.1. The van der Waals surface area contributed by atoms with Crippen LogP contribution in [-0.2, 0) is 0 Å². The van der Waals surface area contributed by atoms with Crippen molar-refractivity contribution in [2.75, 3.05) is 5.32 Å². The molecule has 0 aliphatic carbocycles. The lowest BCUT2D eigenvalue weighted by atomic mass is 9.92. The molecule has 0 amide bonds. The first-order valence-electron chi connectivity index (χ1n) is 8.28. The normalized spacial score (nSPS) is 12.2. The summed E-state index contributed by atoms with van der Waals surface area (Å²) in [7, 11) is 0. The van der Waals surface area contributed by atoms with E-state index in [4.69, 9.17) is 4.52 Å². The molecule has 1 atom stereocenters. The van der Waals surface area contributed by atoms with E-state index in [1.807, 2.05) is 30.3 Å². The molecule has 0 spiro atoms. The highest BCUT2D eigenvalue weighted by Gasteiger charge is 2.22. The number of hydrogen-bond donors (Lipinski definition) is 2. The highest BCUT2D eigenvalue weighted by Crippen LogP contribution is 2.37. The third kappa shape index (κ3) is 2.99. The van der Waals surface area contributed by atoms with Gasteiger partial charge in [-0.05, 0) is 41.5 Å². The van der Waals surface area contributed by atoms with Crippen LogP contribution in [0.15, 0.2) is 71.3 Å². The lowest BCUT2D eigenvalue weighted by molar-refractivity contribution is 0.399. The van der Waals surface area contributed by atoms with Crippen LogP contribution in [0.25, 0.3) is 10.8 Å². The van der Waals surface area contributed by atoms with Gasteiger partial charge < -0.3 is 14.9 Å². The Morgan fingerprint density at radius 3 is 2.54 bits per heavy atom. The zero-order chi connectivity index (χ0) is 18.1. The number of aromatic hydroxyl groups is 1. The molecule has 1 unspecified atom stereocenters. The predicted octanol–water partition coefficient (Wildman–Crippen LogP) is 5.18. The molecule has 1 heterocycles. The Morgan fingerprint density at radius 1 is 1.04 bits per heavy atom. The number of aromatic nitrogens is 1. The number of phenolic OH excluding ortho intramolecular Hbond substituents is 1. The van der Waals surface area contributed by atoms with Gasteiger partial charge in [-0.25, -0.2) is 4.39 Å². The smallest absolute Gasteiger partial charge is 0.170 e. The molecule has 0 bridgehead atoms. The van der Waals surface area contributed by atoms with Crippen LogP contribution < -0.4 is 5.32 Å². The van der Waals surface area contributed by atoms with Gasteiger partial charge in [0, 0.05) is 11.6 Å². The number of rotatable bonds is 4. The molecule has 0 radical (unpaired) electrons. The topological polar surface area (TPSA) is 58.3 Å². The maximum absolute atomic E-state index is 13.4. The first-order valence-corrected chi connectivity index (χ1v) is 8.28. The van der Waals surface area contributed by atoms with Gasteiger partial charge in [0.1, 0.15) is 17.3 Å². The van der Waals surface area contributed by atoms with Crippen LogP contribution in [0.5, 0.6) is 5.75 Å². The third-order valence-electron chi connectivity index (χ3n) is 4.36. The number of phenols is 1. The molecule has 0 fully saturated rings. The number of hydrogen-bond acceptors (Lipinski definition) is 4. The molecule has 0 aliphatic heterocycles. The van der Waals surface area contributed by atoms with Gasteiger partial charge >= 0.3 is 0 Å². The van der Waals surface area contributed by atoms with Gasteiger partial charge in [0.2, 0.25) is 0 Å². The summed E-state index contributed by atoms with van der Waals surface area (Å²) in [6.07, 6.45) is 0. The molecule has 0 saturated carbocycles. The van der Waals surface area contributed by atoms with Crippen molar-refractivity contribution in [3.8, 4) is 5.75 Å². The van der Waals surface area contributed by atoms with Crippen molar-refractivity contribution in [2.24, 2.45) is 0 Å². The first-order chi connectivity index (χ1) is 12.6. The molecule has 2 N–H and O–H groups in total. The summed E-state index contributed by atoms with van der Waals surface area (Å²) in [6, 6.07) is 18.9. The number of fused-ring (bicyclic) bond motifs is 1. The lowest BCUT2D eigenvalue weighted by Crippen LogP contribution is -2.13. The Bertz CT molecular complexity index is 1060. The van der Waals surface area contributed by atoms with Crippen LogP contribution in [-0.4, -0.2) is 10.3 Å². The van der Waals surface area contributed by atoms with Gasteiger partial charge in [0.25, 0.3) is 0 Å². The van der Waals surface area contributed by atoms with Crippen molar-refractivity contribution in [2.45, 2.75) is 13.0 Å². The second-order valence-electron chi connectivity index (χ2n) is 6.17. The highest BCUT2D eigenvalue weighted by molar-refractivity contribution is 5.89. The van der Waals surface area contributed by atoms with Gasteiger partial charge in [0.05, 0.1) is 6.04 Å². The molecule has 4 aromatic rings. The van der Waals surface area contributed by atoms with E-state index in [1.54, 1.807) is 31.2 Å². The molecule has 0 saturated heterocycles. The lowest BCUT2D eigenvalue weighted by Gasteiger charge is -2.22. The summed E-state index contributed by atoms with van der Waals surface area (Å²) in [5.74, 6) is 1.06. The molecular weight excluding hydrogens is 331 g/mol. The molecular formula is C21H17FN2O2. The molecule has 1 aromatic heterocycles. The van der Waals surface area contributed by atoms with Crippen LogP contribution in [0.2, 0.25) is 0 Å². The van der Waals surface area contributed by atoms with Crippen LogP contribution in [0, 0.1) is 12.7 Å². The number of nitrogens with zero attached hydrogens (tertiary/aromatic N) is 1. The van der Waals surface area contributed by atoms with E-state index >= 15 is 0 Å². The molecule has 130 valence electrons. The van der Waals surface area contributed by atoms with Crippen molar-refractivity contribution in [1.29, 1.82) is 0 Å². The Kier molecular flexibility index (Phi) is 4.05. The maximum atomic E-state index is 13.4. The average molecular weight is 348 g/mol. The molecule has 4 rings (SSSR count). The molecule has 0 aliphatic rings. The minimum Gasteiger partial charge on any atom is -0.508 e. The van der Waals surface area contributed by atoms with Crippen LogP contribution in [0.3, 0.4) is 0 Å². The summed E-state index contributed by atoms with van der Waals surface area (Å²) in [4.78, 5) is 0. The average Bonchev–Trinajstić information content (AvgIpc) is 3.06. The van der Waals surface area contributed by atoms with Crippen LogP contribution in [0.4, 0.5) is 10.2 Å². The monoisotopic (exact) mass is 348 g/mol. The van der Waals surface area contributed by atoms with Crippen molar-refractivity contribution >= 4 is 16.6 Å². The highest BCUT2D eigenvalue weighted by atomic mass is 19.1. The van der Waals surface area contributed by atoms with Gasteiger partial charge in [-0.3, -0.25) is 0 Å². The Labute approximate surface area is 149 Å². The molecule has 3 aromatic carbocycles. The summed E-state index contributed by atoms with van der Waals surface area (Å²) in [6.45, 7) is 1.81. The third-order valence-corrected chi connectivity index (χ3v) is 4.36. The Balaban J connectivity index is 1.90.